The summed E-state index contributed by atoms with van der Waals surface area (Å²) in [5.41, 5.74) is 1.34. The number of aryl methyl sites for hydroxylation is 1. The molecule has 5 rings (SSSR count). The zero-order chi connectivity index (χ0) is 23.5. The molecule has 1 saturated heterocycles. The van der Waals surface area contributed by atoms with Gasteiger partial charge >= 0.3 is 0 Å². The predicted molar refractivity (Wildman–Crippen MR) is 127 cm³/mol. The quantitative estimate of drug-likeness (QED) is 0.576. The minimum atomic E-state index is -0.244. The summed E-state index contributed by atoms with van der Waals surface area (Å²) in [4.78, 5) is 22.1. The Bertz CT molecular complexity index is 1140. The number of halogens is 1. The molecule has 1 aliphatic heterocycles. The van der Waals surface area contributed by atoms with Crippen LogP contribution in [-0.2, 0) is 11.3 Å². The minimum absolute atomic E-state index is 0.0441. The molecule has 0 N–H and O–H groups in total. The van der Waals surface area contributed by atoms with E-state index in [1.165, 1.54) is 25.3 Å². The third kappa shape index (κ3) is 4.78. The zero-order valence-corrected chi connectivity index (χ0v) is 19.5. The first-order valence-electron chi connectivity index (χ1n) is 12.1. The van der Waals surface area contributed by atoms with Crippen LogP contribution in [0, 0.1) is 12.7 Å². The Labute approximate surface area is 198 Å². The highest BCUT2D eigenvalue weighted by molar-refractivity contribution is 5.76. The van der Waals surface area contributed by atoms with Gasteiger partial charge in [-0.15, -0.1) is 5.10 Å². The SMILES string of the molecule is Cc1cc(-c2nc(C3CCCCC3)n(CC(=O)N3CCN(c4cccnn4)CC3)n2)ccc1F. The van der Waals surface area contributed by atoms with Crippen LogP contribution in [0.3, 0.4) is 0 Å². The molecule has 1 aliphatic carbocycles. The molecule has 8 nitrogen and oxygen atoms in total. The van der Waals surface area contributed by atoms with Gasteiger partial charge in [-0.05, 0) is 55.7 Å². The Morgan fingerprint density at radius 2 is 1.88 bits per heavy atom. The number of carbonyl (C=O) groups is 1. The summed E-state index contributed by atoms with van der Waals surface area (Å²) in [6, 6.07) is 8.74. The van der Waals surface area contributed by atoms with Crippen LogP contribution in [0.5, 0.6) is 0 Å². The standard InChI is InChI=1S/C25H30FN7O/c1-18-16-20(9-10-21(18)26)24-28-25(19-6-3-2-4-7-19)33(30-24)17-23(34)32-14-12-31(13-15-32)22-8-5-11-27-29-22/h5,8-11,16,19H,2-4,6-7,12-15,17H2,1H3. The number of benzene rings is 1. The van der Waals surface area contributed by atoms with Crippen molar-refractivity contribution in [3.05, 3.63) is 53.7 Å². The summed E-state index contributed by atoms with van der Waals surface area (Å²) in [5, 5.41) is 12.9. The fourth-order valence-corrected chi connectivity index (χ4v) is 4.91. The van der Waals surface area contributed by atoms with E-state index >= 15 is 0 Å². The molecule has 0 bridgehead atoms. The number of piperazine rings is 1. The average Bonchev–Trinajstić information content (AvgIpc) is 3.30. The lowest BCUT2D eigenvalue weighted by Crippen LogP contribution is -2.50. The first-order valence-corrected chi connectivity index (χ1v) is 12.1. The van der Waals surface area contributed by atoms with Crippen LogP contribution in [0.2, 0.25) is 0 Å². The van der Waals surface area contributed by atoms with Crippen molar-refractivity contribution >= 4 is 11.7 Å². The van der Waals surface area contributed by atoms with E-state index in [2.05, 4.69) is 15.1 Å². The molecular weight excluding hydrogens is 433 g/mol. The van der Waals surface area contributed by atoms with Crippen LogP contribution < -0.4 is 4.90 Å². The van der Waals surface area contributed by atoms with Crippen molar-refractivity contribution in [1.82, 2.24) is 29.9 Å². The van der Waals surface area contributed by atoms with Gasteiger partial charge in [0, 0.05) is 43.9 Å². The molecule has 0 unspecified atom stereocenters. The number of hydrogen-bond acceptors (Lipinski definition) is 6. The molecule has 9 heteroatoms. The van der Waals surface area contributed by atoms with E-state index in [9.17, 15) is 9.18 Å². The Balaban J connectivity index is 1.33. The molecule has 3 heterocycles. The minimum Gasteiger partial charge on any atom is -0.352 e. The highest BCUT2D eigenvalue weighted by Gasteiger charge is 2.27. The second-order valence-corrected chi connectivity index (χ2v) is 9.20. The van der Waals surface area contributed by atoms with Crippen LogP contribution in [0.1, 0.15) is 49.4 Å². The molecular formula is C25H30FN7O. The van der Waals surface area contributed by atoms with E-state index in [-0.39, 0.29) is 18.3 Å². The van der Waals surface area contributed by atoms with Crippen LogP contribution in [0.15, 0.2) is 36.5 Å². The number of nitrogens with zero attached hydrogens (tertiary/aromatic N) is 7. The maximum absolute atomic E-state index is 13.8. The topological polar surface area (TPSA) is 80.0 Å². The molecule has 1 amide bonds. The van der Waals surface area contributed by atoms with E-state index in [1.54, 1.807) is 29.9 Å². The Hall–Kier alpha value is -3.36. The van der Waals surface area contributed by atoms with Gasteiger partial charge in [0.15, 0.2) is 11.6 Å². The number of aromatic nitrogens is 5. The second kappa shape index (κ2) is 9.87. The van der Waals surface area contributed by atoms with Gasteiger partial charge < -0.3 is 9.80 Å². The van der Waals surface area contributed by atoms with Crippen molar-refractivity contribution in [1.29, 1.82) is 0 Å². The summed E-state index contributed by atoms with van der Waals surface area (Å²) in [7, 11) is 0. The molecule has 2 fully saturated rings. The molecule has 178 valence electrons. The van der Waals surface area contributed by atoms with Gasteiger partial charge in [-0.25, -0.2) is 14.1 Å². The summed E-state index contributed by atoms with van der Waals surface area (Å²) in [6.07, 6.45) is 7.36. The molecule has 1 saturated carbocycles. The third-order valence-corrected chi connectivity index (χ3v) is 6.89. The first kappa shape index (κ1) is 22.4. The molecule has 1 aromatic carbocycles. The lowest BCUT2D eigenvalue weighted by atomic mass is 9.88. The third-order valence-electron chi connectivity index (χ3n) is 6.89. The van der Waals surface area contributed by atoms with E-state index in [4.69, 9.17) is 10.1 Å². The van der Waals surface area contributed by atoms with Gasteiger partial charge in [0.25, 0.3) is 0 Å². The van der Waals surface area contributed by atoms with E-state index in [1.807, 2.05) is 17.0 Å². The average molecular weight is 464 g/mol. The Morgan fingerprint density at radius 1 is 1.09 bits per heavy atom. The molecule has 3 aromatic rings. The van der Waals surface area contributed by atoms with Crippen molar-refractivity contribution in [2.45, 2.75) is 51.5 Å². The Morgan fingerprint density at radius 3 is 2.59 bits per heavy atom. The highest BCUT2D eigenvalue weighted by Crippen LogP contribution is 2.33. The normalized spacial score (nSPS) is 17.2. The fraction of sp³-hybridized carbons (Fsp3) is 0.480. The van der Waals surface area contributed by atoms with Gasteiger partial charge in [0.2, 0.25) is 5.91 Å². The van der Waals surface area contributed by atoms with E-state index in [0.29, 0.717) is 30.4 Å². The molecule has 2 aliphatic rings. The first-order chi connectivity index (χ1) is 16.6. The number of hydrogen-bond donors (Lipinski definition) is 0. The maximum Gasteiger partial charge on any atom is 0.244 e. The summed E-state index contributed by atoms with van der Waals surface area (Å²) in [6.45, 7) is 4.61. The largest absolute Gasteiger partial charge is 0.352 e. The highest BCUT2D eigenvalue weighted by atomic mass is 19.1. The lowest BCUT2D eigenvalue weighted by Gasteiger charge is -2.35. The maximum atomic E-state index is 13.8. The second-order valence-electron chi connectivity index (χ2n) is 9.20. The summed E-state index contributed by atoms with van der Waals surface area (Å²) < 4.78 is 15.6. The van der Waals surface area contributed by atoms with Crippen LogP contribution in [0.25, 0.3) is 11.4 Å². The van der Waals surface area contributed by atoms with Crippen LogP contribution >= 0.6 is 0 Å². The van der Waals surface area contributed by atoms with Crippen molar-refractivity contribution < 1.29 is 9.18 Å². The molecule has 2 aromatic heterocycles. The van der Waals surface area contributed by atoms with Gasteiger partial charge in [-0.2, -0.15) is 10.2 Å². The van der Waals surface area contributed by atoms with E-state index in [0.717, 1.165) is 43.1 Å². The molecule has 0 radical (unpaired) electrons. The van der Waals surface area contributed by atoms with Crippen molar-refractivity contribution in [3.63, 3.8) is 0 Å². The molecule has 34 heavy (non-hydrogen) atoms. The van der Waals surface area contributed by atoms with E-state index < -0.39 is 0 Å². The van der Waals surface area contributed by atoms with Gasteiger partial charge in [0.1, 0.15) is 18.2 Å². The van der Waals surface area contributed by atoms with Crippen LogP contribution in [-0.4, -0.2) is 61.9 Å². The van der Waals surface area contributed by atoms with Gasteiger partial charge in [0.05, 0.1) is 0 Å². The van der Waals surface area contributed by atoms with Gasteiger partial charge in [-0.1, -0.05) is 19.3 Å². The van der Waals surface area contributed by atoms with Crippen molar-refractivity contribution in [2.75, 3.05) is 31.1 Å². The summed E-state index contributed by atoms with van der Waals surface area (Å²) in [5.74, 6) is 2.38. The predicted octanol–water partition coefficient (Wildman–Crippen LogP) is 3.58. The van der Waals surface area contributed by atoms with Gasteiger partial charge in [-0.3, -0.25) is 4.79 Å². The summed E-state index contributed by atoms with van der Waals surface area (Å²) >= 11 is 0. The smallest absolute Gasteiger partial charge is 0.244 e. The van der Waals surface area contributed by atoms with Crippen molar-refractivity contribution in [2.24, 2.45) is 0 Å². The van der Waals surface area contributed by atoms with Crippen LogP contribution in [0.4, 0.5) is 10.2 Å². The number of rotatable bonds is 5. The number of anilines is 1. The van der Waals surface area contributed by atoms with Crippen molar-refractivity contribution in [3.8, 4) is 11.4 Å². The zero-order valence-electron chi connectivity index (χ0n) is 19.5. The lowest BCUT2D eigenvalue weighted by molar-refractivity contribution is -0.132. The number of amides is 1. The molecule has 0 atom stereocenters. The monoisotopic (exact) mass is 463 g/mol. The Kier molecular flexibility index (Phi) is 6.51. The fourth-order valence-electron chi connectivity index (χ4n) is 4.91. The molecule has 0 spiro atoms. The number of carbonyl (C=O) groups excluding carboxylic acids is 1.